The molecule has 0 aromatic heterocycles. The van der Waals surface area contributed by atoms with Crippen molar-refractivity contribution in [2.24, 2.45) is 11.8 Å². The van der Waals surface area contributed by atoms with E-state index < -0.39 is 0 Å². The van der Waals surface area contributed by atoms with Crippen molar-refractivity contribution in [2.75, 3.05) is 50.8 Å². The molecule has 3 unspecified atom stereocenters. The van der Waals surface area contributed by atoms with Gasteiger partial charge < -0.3 is 4.90 Å². The lowest BCUT2D eigenvalue weighted by Crippen LogP contribution is -2.60. The van der Waals surface area contributed by atoms with Gasteiger partial charge in [-0.1, -0.05) is 31.5 Å². The second kappa shape index (κ2) is 9.67. The van der Waals surface area contributed by atoms with Crippen LogP contribution in [0.2, 0.25) is 0 Å². The first-order valence-corrected chi connectivity index (χ1v) is 11.9. The minimum absolute atomic E-state index is 0.0729. The average Bonchev–Trinajstić information content (AvgIpc) is 3.14. The van der Waals surface area contributed by atoms with Gasteiger partial charge in [-0.25, -0.2) is 10.4 Å². The Kier molecular flexibility index (Phi) is 6.94. The Morgan fingerprint density at radius 3 is 2.45 bits per heavy atom. The van der Waals surface area contributed by atoms with Crippen molar-refractivity contribution in [3.8, 4) is 0 Å². The van der Waals surface area contributed by atoms with Crippen molar-refractivity contribution in [3.05, 3.63) is 30.3 Å². The molecule has 3 saturated heterocycles. The minimum atomic E-state index is -0.207. The van der Waals surface area contributed by atoms with Gasteiger partial charge in [0.15, 0.2) is 0 Å². The van der Waals surface area contributed by atoms with Crippen molar-refractivity contribution >= 4 is 17.5 Å². The summed E-state index contributed by atoms with van der Waals surface area (Å²) in [5, 5.41) is 1.67. The van der Waals surface area contributed by atoms with Crippen LogP contribution >= 0.6 is 0 Å². The molecule has 3 heterocycles. The number of fused-ring (bicyclic) bond motifs is 1. The van der Waals surface area contributed by atoms with Crippen LogP contribution in [0.5, 0.6) is 0 Å². The highest BCUT2D eigenvalue weighted by molar-refractivity contribution is 5.98. The molecule has 2 amide bonds. The maximum absolute atomic E-state index is 13.6. The zero-order valence-electron chi connectivity index (χ0n) is 19.2. The van der Waals surface area contributed by atoms with Gasteiger partial charge in [0, 0.05) is 45.3 Å². The SMILES string of the molecule is CCCCN1CCN(C(=O)C2CN(C(C)C)CC3C(=O)N(c4ccccc4)NC23)CC1. The van der Waals surface area contributed by atoms with E-state index in [4.69, 9.17) is 0 Å². The summed E-state index contributed by atoms with van der Waals surface area (Å²) in [6.45, 7) is 12.5. The molecule has 31 heavy (non-hydrogen) atoms. The van der Waals surface area contributed by atoms with E-state index in [2.05, 4.69) is 36.0 Å². The molecule has 1 N–H and O–H groups in total. The smallest absolute Gasteiger partial charge is 0.247 e. The van der Waals surface area contributed by atoms with Crippen LogP contribution in [0.4, 0.5) is 5.69 Å². The van der Waals surface area contributed by atoms with Gasteiger partial charge in [-0.15, -0.1) is 0 Å². The number of hydrogen-bond acceptors (Lipinski definition) is 5. The van der Waals surface area contributed by atoms with Gasteiger partial charge in [0.25, 0.3) is 0 Å². The summed E-state index contributed by atoms with van der Waals surface area (Å²) < 4.78 is 0. The number of nitrogens with one attached hydrogen (secondary N) is 1. The third-order valence-electron chi connectivity index (χ3n) is 7.12. The van der Waals surface area contributed by atoms with Crippen molar-refractivity contribution in [1.82, 2.24) is 20.1 Å². The summed E-state index contributed by atoms with van der Waals surface area (Å²) in [6, 6.07) is 9.86. The molecule has 0 radical (unpaired) electrons. The summed E-state index contributed by atoms with van der Waals surface area (Å²) in [7, 11) is 0. The normalized spacial score (nSPS) is 27.7. The molecule has 0 saturated carbocycles. The first-order valence-electron chi connectivity index (χ1n) is 11.9. The fourth-order valence-corrected chi connectivity index (χ4v) is 5.12. The van der Waals surface area contributed by atoms with Gasteiger partial charge in [0.1, 0.15) is 0 Å². The van der Waals surface area contributed by atoms with Gasteiger partial charge in [0.05, 0.1) is 23.6 Å². The van der Waals surface area contributed by atoms with E-state index >= 15 is 0 Å². The van der Waals surface area contributed by atoms with E-state index in [1.54, 1.807) is 5.01 Å². The van der Waals surface area contributed by atoms with Gasteiger partial charge in [-0.2, -0.15) is 0 Å². The minimum Gasteiger partial charge on any atom is -0.340 e. The maximum atomic E-state index is 13.6. The van der Waals surface area contributed by atoms with Crippen molar-refractivity contribution in [2.45, 2.75) is 45.7 Å². The highest BCUT2D eigenvalue weighted by Crippen LogP contribution is 2.33. The number of likely N-dealkylation sites (tertiary alicyclic amines) is 1. The number of piperidine rings is 1. The van der Waals surface area contributed by atoms with Crippen molar-refractivity contribution < 1.29 is 9.59 Å². The first-order chi connectivity index (χ1) is 15.0. The first kappa shape index (κ1) is 22.2. The molecule has 170 valence electrons. The van der Waals surface area contributed by atoms with E-state index in [9.17, 15) is 9.59 Å². The second-order valence-corrected chi connectivity index (χ2v) is 9.45. The van der Waals surface area contributed by atoms with E-state index in [0.717, 1.165) is 38.4 Å². The Hall–Kier alpha value is -1.96. The molecule has 0 aliphatic carbocycles. The summed E-state index contributed by atoms with van der Waals surface area (Å²) >= 11 is 0. The molecule has 3 aliphatic heterocycles. The number of unbranched alkanes of at least 4 members (excludes halogenated alkanes) is 1. The van der Waals surface area contributed by atoms with E-state index in [-0.39, 0.29) is 29.7 Å². The molecule has 7 heteroatoms. The molecule has 4 rings (SSSR count). The number of rotatable bonds is 6. The number of nitrogens with zero attached hydrogens (tertiary/aromatic N) is 4. The monoisotopic (exact) mass is 427 g/mol. The largest absolute Gasteiger partial charge is 0.340 e. The van der Waals surface area contributed by atoms with Crippen LogP contribution in [-0.2, 0) is 9.59 Å². The fourth-order valence-electron chi connectivity index (χ4n) is 5.12. The second-order valence-electron chi connectivity index (χ2n) is 9.45. The van der Waals surface area contributed by atoms with Crippen molar-refractivity contribution in [1.29, 1.82) is 0 Å². The van der Waals surface area contributed by atoms with Crippen LogP contribution < -0.4 is 10.4 Å². The quantitative estimate of drug-likeness (QED) is 0.750. The van der Waals surface area contributed by atoms with Crippen LogP contribution in [0.3, 0.4) is 0 Å². The molecular weight excluding hydrogens is 390 g/mol. The topological polar surface area (TPSA) is 59.1 Å². The predicted molar refractivity (Wildman–Crippen MR) is 122 cm³/mol. The number of hydrazine groups is 1. The highest BCUT2D eigenvalue weighted by atomic mass is 16.2. The van der Waals surface area contributed by atoms with Crippen LogP contribution in [0.15, 0.2) is 30.3 Å². The Bertz CT molecular complexity index is 762. The molecule has 7 nitrogen and oxygen atoms in total. The zero-order chi connectivity index (χ0) is 22.0. The zero-order valence-corrected chi connectivity index (χ0v) is 19.2. The molecule has 1 aromatic carbocycles. The molecule has 3 atom stereocenters. The molecule has 3 fully saturated rings. The summed E-state index contributed by atoms with van der Waals surface area (Å²) in [4.78, 5) is 33.7. The lowest BCUT2D eigenvalue weighted by molar-refractivity contribution is -0.141. The summed E-state index contributed by atoms with van der Waals surface area (Å²) in [5.74, 6) is -0.133. The van der Waals surface area contributed by atoms with Crippen molar-refractivity contribution in [3.63, 3.8) is 0 Å². The Morgan fingerprint density at radius 1 is 1.10 bits per heavy atom. The van der Waals surface area contributed by atoms with E-state index in [1.807, 2.05) is 35.2 Å². The van der Waals surface area contributed by atoms with Gasteiger partial charge >= 0.3 is 0 Å². The van der Waals surface area contributed by atoms with Crippen LogP contribution in [0.1, 0.15) is 33.6 Å². The van der Waals surface area contributed by atoms with E-state index in [0.29, 0.717) is 19.1 Å². The number of anilines is 1. The number of benzene rings is 1. The number of carbonyl (C=O) groups is 2. The number of amides is 2. The number of piperazine rings is 1. The molecular formula is C24H37N5O2. The predicted octanol–water partition coefficient (Wildman–Crippen LogP) is 1.81. The van der Waals surface area contributed by atoms with Crippen LogP contribution in [0, 0.1) is 11.8 Å². The lowest BCUT2D eigenvalue weighted by Gasteiger charge is -2.43. The maximum Gasteiger partial charge on any atom is 0.247 e. The highest BCUT2D eigenvalue weighted by Gasteiger charge is 2.52. The molecule has 0 bridgehead atoms. The van der Waals surface area contributed by atoms with Gasteiger partial charge in [-0.3, -0.25) is 19.4 Å². The third-order valence-corrected chi connectivity index (χ3v) is 7.12. The lowest BCUT2D eigenvalue weighted by atomic mass is 9.83. The fraction of sp³-hybridized carbons (Fsp3) is 0.667. The molecule has 1 aromatic rings. The van der Waals surface area contributed by atoms with Gasteiger partial charge in [-0.05, 0) is 38.9 Å². The third kappa shape index (κ3) is 4.64. The van der Waals surface area contributed by atoms with Crippen LogP contribution in [-0.4, -0.2) is 84.4 Å². The number of hydrogen-bond donors (Lipinski definition) is 1. The molecule has 0 spiro atoms. The Labute approximate surface area is 186 Å². The van der Waals surface area contributed by atoms with Crippen LogP contribution in [0.25, 0.3) is 0 Å². The summed E-state index contributed by atoms with van der Waals surface area (Å²) in [6.07, 6.45) is 2.41. The average molecular weight is 428 g/mol. The molecule has 3 aliphatic rings. The standard InChI is InChI=1S/C24H37N5O2/c1-4-5-11-26-12-14-27(15-13-26)23(30)20-16-28(18(2)3)17-21-22(20)25-29(24(21)31)19-9-7-6-8-10-19/h6-10,18,20-22,25H,4-5,11-17H2,1-3H3. The Morgan fingerprint density at radius 2 is 1.81 bits per heavy atom. The number of para-hydroxylation sites is 1. The van der Waals surface area contributed by atoms with E-state index in [1.165, 1.54) is 12.8 Å². The van der Waals surface area contributed by atoms with Gasteiger partial charge in [0.2, 0.25) is 11.8 Å². The number of carbonyl (C=O) groups excluding carboxylic acids is 2. The Balaban J connectivity index is 1.49. The summed E-state index contributed by atoms with van der Waals surface area (Å²) in [5.41, 5.74) is 4.27.